The van der Waals surface area contributed by atoms with Crippen molar-refractivity contribution in [2.75, 3.05) is 38.3 Å². The molecule has 1 aliphatic rings. The van der Waals surface area contributed by atoms with Crippen LogP contribution in [0.25, 0.3) is 0 Å². The number of rotatable bonds is 6. The van der Waals surface area contributed by atoms with Crippen molar-refractivity contribution in [1.29, 1.82) is 0 Å². The Morgan fingerprint density at radius 3 is 2.71 bits per heavy atom. The number of carbonyl (C=O) groups excluding carboxylic acids is 1. The van der Waals surface area contributed by atoms with Gasteiger partial charge in [-0.2, -0.15) is 15.0 Å². The van der Waals surface area contributed by atoms with Gasteiger partial charge in [0.25, 0.3) is 0 Å². The van der Waals surface area contributed by atoms with Crippen LogP contribution in [0.4, 0.5) is 5.95 Å². The number of aromatic nitrogens is 4. The lowest BCUT2D eigenvalue weighted by atomic mass is 10.4. The first-order chi connectivity index (χ1) is 11.7. The Morgan fingerprint density at radius 2 is 2.00 bits per heavy atom. The maximum absolute atomic E-state index is 12.0. The van der Waals surface area contributed by atoms with E-state index in [0.717, 1.165) is 0 Å². The van der Waals surface area contributed by atoms with Crippen molar-refractivity contribution in [2.24, 2.45) is 0 Å². The van der Waals surface area contributed by atoms with Crippen LogP contribution in [0.2, 0.25) is 0 Å². The molecule has 0 atom stereocenters. The van der Waals surface area contributed by atoms with E-state index in [4.69, 9.17) is 9.47 Å². The highest BCUT2D eigenvalue weighted by molar-refractivity contribution is 5.75. The largest absolute Gasteiger partial charge is 0.467 e. The maximum atomic E-state index is 12.0. The van der Waals surface area contributed by atoms with E-state index in [2.05, 4.69) is 20.3 Å². The molecule has 2 aromatic rings. The van der Waals surface area contributed by atoms with Crippen LogP contribution in [0.15, 0.2) is 24.5 Å². The molecule has 3 rings (SSSR count). The fourth-order valence-electron chi connectivity index (χ4n) is 2.34. The van der Waals surface area contributed by atoms with Gasteiger partial charge in [0, 0.05) is 25.5 Å². The lowest BCUT2D eigenvalue weighted by Gasteiger charge is -2.26. The van der Waals surface area contributed by atoms with E-state index in [1.54, 1.807) is 4.57 Å². The standard InChI is InChI=1S/C15H20N6O3/c1-23-15-18-12(10-16-13(22)11-20-4-2-3-5-20)17-14(19-15)21-6-8-24-9-7-21/h2-5H,6-11H2,1H3,(H,16,22). The zero-order valence-electron chi connectivity index (χ0n) is 13.5. The first-order valence-corrected chi connectivity index (χ1v) is 7.73. The van der Waals surface area contributed by atoms with Gasteiger partial charge in [-0.15, -0.1) is 0 Å². The number of morpholine rings is 1. The fraction of sp³-hybridized carbons (Fsp3) is 0.467. The molecule has 2 aromatic heterocycles. The maximum Gasteiger partial charge on any atom is 0.321 e. The second-order valence-corrected chi connectivity index (χ2v) is 5.27. The van der Waals surface area contributed by atoms with Crippen LogP contribution < -0.4 is 15.0 Å². The van der Waals surface area contributed by atoms with E-state index in [0.29, 0.717) is 38.1 Å². The molecule has 0 saturated carbocycles. The zero-order chi connectivity index (χ0) is 16.8. The normalized spacial score (nSPS) is 14.5. The van der Waals surface area contributed by atoms with Crippen molar-refractivity contribution in [1.82, 2.24) is 24.8 Å². The minimum Gasteiger partial charge on any atom is -0.467 e. The number of ether oxygens (including phenoxy) is 2. The Bertz CT molecular complexity index is 670. The van der Waals surface area contributed by atoms with Crippen LogP contribution in [-0.4, -0.2) is 58.8 Å². The summed E-state index contributed by atoms with van der Waals surface area (Å²) in [6, 6.07) is 3.98. The van der Waals surface area contributed by atoms with E-state index in [9.17, 15) is 4.79 Å². The summed E-state index contributed by atoms with van der Waals surface area (Å²) >= 11 is 0. The molecule has 9 heteroatoms. The second kappa shape index (κ2) is 7.73. The zero-order valence-corrected chi connectivity index (χ0v) is 13.5. The van der Waals surface area contributed by atoms with Crippen LogP contribution in [0.3, 0.4) is 0 Å². The van der Waals surface area contributed by atoms with E-state index in [-0.39, 0.29) is 25.0 Å². The molecule has 0 bridgehead atoms. The number of nitrogens with zero attached hydrogens (tertiary/aromatic N) is 5. The van der Waals surface area contributed by atoms with Gasteiger partial charge in [0.15, 0.2) is 5.82 Å². The molecule has 0 aromatic carbocycles. The van der Waals surface area contributed by atoms with Crippen LogP contribution in [-0.2, 0) is 22.6 Å². The van der Waals surface area contributed by atoms with Crippen LogP contribution >= 0.6 is 0 Å². The first kappa shape index (κ1) is 16.2. The molecule has 1 fully saturated rings. The lowest BCUT2D eigenvalue weighted by Crippen LogP contribution is -2.38. The Hall–Kier alpha value is -2.68. The molecule has 3 heterocycles. The Labute approximate surface area is 139 Å². The van der Waals surface area contributed by atoms with Gasteiger partial charge in [0.2, 0.25) is 11.9 Å². The van der Waals surface area contributed by atoms with Crippen LogP contribution in [0, 0.1) is 0 Å². The highest BCUT2D eigenvalue weighted by atomic mass is 16.5. The lowest BCUT2D eigenvalue weighted by molar-refractivity contribution is -0.121. The van der Waals surface area contributed by atoms with Crippen LogP contribution in [0.1, 0.15) is 5.82 Å². The minimum atomic E-state index is -0.112. The third-order valence-corrected chi connectivity index (χ3v) is 3.56. The fourth-order valence-corrected chi connectivity index (χ4v) is 2.34. The van der Waals surface area contributed by atoms with Gasteiger partial charge in [-0.25, -0.2) is 0 Å². The van der Waals surface area contributed by atoms with Gasteiger partial charge in [-0.1, -0.05) is 0 Å². The molecule has 0 spiro atoms. The number of hydrogen-bond acceptors (Lipinski definition) is 7. The van der Waals surface area contributed by atoms with Gasteiger partial charge >= 0.3 is 6.01 Å². The number of methoxy groups -OCH3 is 1. The summed E-state index contributed by atoms with van der Waals surface area (Å²) in [5.74, 6) is 0.891. The van der Waals surface area contributed by atoms with E-state index >= 15 is 0 Å². The van der Waals surface area contributed by atoms with Crippen molar-refractivity contribution in [3.63, 3.8) is 0 Å². The summed E-state index contributed by atoms with van der Waals surface area (Å²) < 4.78 is 12.3. The van der Waals surface area contributed by atoms with Crippen molar-refractivity contribution in [2.45, 2.75) is 13.1 Å². The molecule has 24 heavy (non-hydrogen) atoms. The monoisotopic (exact) mass is 332 g/mol. The highest BCUT2D eigenvalue weighted by Gasteiger charge is 2.17. The van der Waals surface area contributed by atoms with Crippen molar-refractivity contribution < 1.29 is 14.3 Å². The number of anilines is 1. The summed E-state index contributed by atoms with van der Waals surface area (Å²) in [6.07, 6.45) is 3.67. The average molecular weight is 332 g/mol. The Balaban J connectivity index is 1.64. The smallest absolute Gasteiger partial charge is 0.321 e. The van der Waals surface area contributed by atoms with Crippen molar-refractivity contribution >= 4 is 11.9 Å². The summed E-state index contributed by atoms with van der Waals surface area (Å²) in [6.45, 7) is 3.18. The van der Waals surface area contributed by atoms with E-state index in [1.165, 1.54) is 7.11 Å². The molecule has 0 unspecified atom stereocenters. The SMILES string of the molecule is COc1nc(CNC(=O)Cn2cccc2)nc(N2CCOCC2)n1. The van der Waals surface area contributed by atoms with Gasteiger partial charge in [0.05, 0.1) is 26.9 Å². The molecule has 0 aliphatic carbocycles. The average Bonchev–Trinajstić information content (AvgIpc) is 3.13. The minimum absolute atomic E-state index is 0.112. The quantitative estimate of drug-likeness (QED) is 0.785. The molecule has 1 saturated heterocycles. The number of amides is 1. The molecular formula is C15H20N6O3. The van der Waals surface area contributed by atoms with Gasteiger partial charge in [-0.05, 0) is 12.1 Å². The van der Waals surface area contributed by atoms with Gasteiger partial charge in [-0.3, -0.25) is 4.79 Å². The number of carbonyl (C=O) groups is 1. The predicted molar refractivity (Wildman–Crippen MR) is 85.7 cm³/mol. The molecular weight excluding hydrogens is 312 g/mol. The topological polar surface area (TPSA) is 94.4 Å². The molecule has 1 amide bonds. The summed E-state index contributed by atoms with van der Waals surface area (Å²) in [4.78, 5) is 26.9. The number of hydrogen-bond donors (Lipinski definition) is 1. The van der Waals surface area contributed by atoms with E-state index in [1.807, 2.05) is 29.4 Å². The predicted octanol–water partition coefficient (Wildman–Crippen LogP) is -0.165. The highest BCUT2D eigenvalue weighted by Crippen LogP contribution is 2.13. The molecule has 1 aliphatic heterocycles. The van der Waals surface area contributed by atoms with Gasteiger partial charge in [0.1, 0.15) is 6.54 Å². The molecule has 9 nitrogen and oxygen atoms in total. The Kier molecular flexibility index (Phi) is 5.22. The summed E-state index contributed by atoms with van der Waals surface area (Å²) in [5.41, 5.74) is 0. The number of nitrogens with one attached hydrogen (secondary N) is 1. The van der Waals surface area contributed by atoms with Gasteiger partial charge < -0.3 is 24.3 Å². The van der Waals surface area contributed by atoms with Crippen LogP contribution in [0.5, 0.6) is 6.01 Å². The van der Waals surface area contributed by atoms with E-state index < -0.39 is 0 Å². The Morgan fingerprint density at radius 1 is 1.25 bits per heavy atom. The molecule has 128 valence electrons. The summed E-state index contributed by atoms with van der Waals surface area (Å²) in [7, 11) is 1.51. The molecule has 1 N–H and O–H groups in total. The third kappa shape index (κ3) is 4.19. The van der Waals surface area contributed by atoms with Crippen molar-refractivity contribution in [3.8, 4) is 6.01 Å². The summed E-state index contributed by atoms with van der Waals surface area (Å²) in [5, 5.41) is 2.81. The second-order valence-electron chi connectivity index (χ2n) is 5.27. The first-order valence-electron chi connectivity index (χ1n) is 7.73. The third-order valence-electron chi connectivity index (χ3n) is 3.56. The van der Waals surface area contributed by atoms with Crippen molar-refractivity contribution in [3.05, 3.63) is 30.4 Å². The molecule has 0 radical (unpaired) electrons.